The molecule has 0 radical (unpaired) electrons. The molecular weight excluding hydrogens is 362 g/mol. The molecule has 3 aromatic rings. The Bertz CT molecular complexity index is 1030. The summed E-state index contributed by atoms with van der Waals surface area (Å²) in [5.74, 6) is -0.292. The van der Waals surface area contributed by atoms with Crippen LogP contribution in [0.1, 0.15) is 24.4 Å². The molecule has 4 rings (SSSR count). The highest BCUT2D eigenvalue weighted by molar-refractivity contribution is 5.79. The molecule has 28 heavy (non-hydrogen) atoms. The van der Waals surface area contributed by atoms with Gasteiger partial charge in [-0.2, -0.15) is 0 Å². The van der Waals surface area contributed by atoms with Gasteiger partial charge in [-0.15, -0.1) is 0 Å². The smallest absolute Gasteiger partial charge is 0.420 e. The molecule has 1 aromatic carbocycles. The van der Waals surface area contributed by atoms with Gasteiger partial charge in [-0.1, -0.05) is 18.2 Å². The van der Waals surface area contributed by atoms with E-state index >= 15 is 0 Å². The van der Waals surface area contributed by atoms with Crippen LogP contribution in [0.15, 0.2) is 51.8 Å². The summed E-state index contributed by atoms with van der Waals surface area (Å²) < 4.78 is 11.6. The summed E-state index contributed by atoms with van der Waals surface area (Å²) in [5.41, 5.74) is 1.85. The summed E-state index contributed by atoms with van der Waals surface area (Å²) in [5, 5.41) is 12.7. The van der Waals surface area contributed by atoms with E-state index in [1.165, 1.54) is 11.7 Å². The predicted molar refractivity (Wildman–Crippen MR) is 101 cm³/mol. The van der Waals surface area contributed by atoms with E-state index in [4.69, 9.17) is 9.15 Å². The lowest BCUT2D eigenvalue weighted by Crippen LogP contribution is -2.42. The molecule has 1 fully saturated rings. The monoisotopic (exact) mass is 383 g/mol. The number of hydrogen-bond donors (Lipinski definition) is 2. The van der Waals surface area contributed by atoms with Crippen LogP contribution in [0.5, 0.6) is 5.88 Å². The van der Waals surface area contributed by atoms with Crippen molar-refractivity contribution >= 4 is 17.0 Å². The lowest BCUT2D eigenvalue weighted by Gasteiger charge is -2.38. The Morgan fingerprint density at radius 1 is 1.36 bits per heavy atom. The minimum atomic E-state index is -0.571. The first-order valence-electron chi connectivity index (χ1n) is 9.11. The number of fused-ring (bicyclic) bond motifs is 1. The molecule has 2 heterocycles. The van der Waals surface area contributed by atoms with Crippen LogP contribution in [-0.4, -0.2) is 33.8 Å². The fourth-order valence-electron chi connectivity index (χ4n) is 3.60. The van der Waals surface area contributed by atoms with Gasteiger partial charge >= 0.3 is 5.76 Å². The van der Waals surface area contributed by atoms with E-state index in [-0.39, 0.29) is 30.5 Å². The van der Waals surface area contributed by atoms with Crippen LogP contribution in [0.25, 0.3) is 11.1 Å². The molecule has 1 saturated carbocycles. The number of aliphatic hydroxyl groups is 1. The number of benzene rings is 1. The summed E-state index contributed by atoms with van der Waals surface area (Å²) in [6, 6.07) is 10.3. The maximum atomic E-state index is 12.7. The number of para-hydroxylation sites is 2. The second-order valence-electron chi connectivity index (χ2n) is 6.99. The molecule has 0 bridgehead atoms. The van der Waals surface area contributed by atoms with Crippen LogP contribution in [0.2, 0.25) is 0 Å². The zero-order valence-corrected chi connectivity index (χ0v) is 15.4. The number of aliphatic hydroxyl groups excluding tert-OH is 1. The topological polar surface area (TPSA) is 107 Å². The van der Waals surface area contributed by atoms with Crippen LogP contribution in [-0.2, 0) is 11.3 Å². The Morgan fingerprint density at radius 3 is 2.82 bits per heavy atom. The summed E-state index contributed by atoms with van der Waals surface area (Å²) in [6.07, 6.45) is 2.52. The van der Waals surface area contributed by atoms with E-state index in [0.29, 0.717) is 29.8 Å². The Hall–Kier alpha value is -3.13. The Labute approximate surface area is 160 Å². The standard InChI is InChI=1S/C20H21N3O5/c1-27-18-7-6-12(10-21-18)19(13-8-14(24)9-13)22-17(25)11-23-15-4-2-3-5-16(15)28-20(23)26/h2-7,10,13-14,19,24H,8-9,11H2,1H3,(H,22,25)/t13?,14?,19-/m1/s1. The Kier molecular flexibility index (Phi) is 4.87. The van der Waals surface area contributed by atoms with Gasteiger partial charge in [0.1, 0.15) is 6.54 Å². The largest absolute Gasteiger partial charge is 0.481 e. The number of oxazole rings is 1. The molecule has 1 atom stereocenters. The third-order valence-corrected chi connectivity index (χ3v) is 5.14. The molecular formula is C20H21N3O5. The molecule has 0 saturated heterocycles. The van der Waals surface area contributed by atoms with E-state index in [2.05, 4.69) is 10.3 Å². The lowest BCUT2D eigenvalue weighted by molar-refractivity contribution is -0.123. The normalized spacial score (nSPS) is 19.8. The first kappa shape index (κ1) is 18.2. The maximum absolute atomic E-state index is 12.7. The highest BCUT2D eigenvalue weighted by atomic mass is 16.5. The molecule has 1 amide bonds. The summed E-state index contributed by atoms with van der Waals surface area (Å²) >= 11 is 0. The molecule has 146 valence electrons. The second kappa shape index (κ2) is 7.47. The van der Waals surface area contributed by atoms with E-state index in [0.717, 1.165) is 5.56 Å². The molecule has 8 nitrogen and oxygen atoms in total. The van der Waals surface area contributed by atoms with Gasteiger partial charge in [0, 0.05) is 12.3 Å². The van der Waals surface area contributed by atoms with Crippen molar-refractivity contribution in [2.24, 2.45) is 5.92 Å². The van der Waals surface area contributed by atoms with E-state index in [1.54, 1.807) is 36.5 Å². The van der Waals surface area contributed by atoms with Crippen molar-refractivity contribution in [2.75, 3.05) is 7.11 Å². The number of rotatable bonds is 6. The van der Waals surface area contributed by atoms with Gasteiger partial charge in [-0.3, -0.25) is 9.36 Å². The number of aromatic nitrogens is 2. The molecule has 1 aliphatic carbocycles. The first-order chi connectivity index (χ1) is 13.5. The number of methoxy groups -OCH3 is 1. The van der Waals surface area contributed by atoms with Gasteiger partial charge in [-0.05, 0) is 36.5 Å². The third-order valence-electron chi connectivity index (χ3n) is 5.14. The molecule has 1 aliphatic rings. The second-order valence-corrected chi connectivity index (χ2v) is 6.99. The van der Waals surface area contributed by atoms with Crippen molar-refractivity contribution in [2.45, 2.75) is 31.5 Å². The van der Waals surface area contributed by atoms with Crippen LogP contribution in [0, 0.1) is 5.92 Å². The van der Waals surface area contributed by atoms with Gasteiger partial charge in [0.05, 0.1) is 24.8 Å². The highest BCUT2D eigenvalue weighted by Crippen LogP contribution is 2.38. The third kappa shape index (κ3) is 3.50. The predicted octanol–water partition coefficient (Wildman–Crippen LogP) is 1.63. The summed E-state index contributed by atoms with van der Waals surface area (Å²) in [4.78, 5) is 29.0. The Morgan fingerprint density at radius 2 is 2.14 bits per heavy atom. The van der Waals surface area contributed by atoms with Crippen molar-refractivity contribution in [3.8, 4) is 5.88 Å². The zero-order chi connectivity index (χ0) is 19.7. The fraction of sp³-hybridized carbons (Fsp3) is 0.350. The minimum absolute atomic E-state index is 0.104. The number of pyridine rings is 1. The van der Waals surface area contributed by atoms with E-state index in [1.807, 2.05) is 6.07 Å². The van der Waals surface area contributed by atoms with Crippen LogP contribution < -0.4 is 15.8 Å². The van der Waals surface area contributed by atoms with E-state index in [9.17, 15) is 14.7 Å². The Balaban J connectivity index is 1.55. The average Bonchev–Trinajstić information content (AvgIpc) is 2.99. The first-order valence-corrected chi connectivity index (χ1v) is 9.11. The van der Waals surface area contributed by atoms with Gasteiger partial charge < -0.3 is 19.6 Å². The van der Waals surface area contributed by atoms with Gasteiger partial charge in [0.25, 0.3) is 0 Å². The SMILES string of the molecule is COc1ccc([C@@H](NC(=O)Cn2c(=O)oc3ccccc32)C2CC(O)C2)cn1. The van der Waals surface area contributed by atoms with Crippen LogP contribution in [0.4, 0.5) is 0 Å². The van der Waals surface area contributed by atoms with Gasteiger partial charge in [0.2, 0.25) is 11.8 Å². The van der Waals surface area contributed by atoms with Crippen molar-refractivity contribution in [1.29, 1.82) is 0 Å². The summed E-state index contributed by atoms with van der Waals surface area (Å²) in [6.45, 7) is -0.148. The van der Waals surface area contributed by atoms with Crippen molar-refractivity contribution < 1.29 is 19.1 Å². The maximum Gasteiger partial charge on any atom is 0.420 e. The van der Waals surface area contributed by atoms with Gasteiger partial charge in [-0.25, -0.2) is 9.78 Å². The number of ether oxygens (including phenoxy) is 1. The molecule has 0 spiro atoms. The summed E-state index contributed by atoms with van der Waals surface area (Å²) in [7, 11) is 1.54. The van der Waals surface area contributed by atoms with Crippen molar-refractivity contribution in [1.82, 2.24) is 14.9 Å². The highest BCUT2D eigenvalue weighted by Gasteiger charge is 2.36. The molecule has 2 N–H and O–H groups in total. The fourth-order valence-corrected chi connectivity index (χ4v) is 3.60. The lowest BCUT2D eigenvalue weighted by atomic mass is 9.75. The molecule has 2 aromatic heterocycles. The van der Waals surface area contributed by atoms with Crippen molar-refractivity contribution in [3.05, 3.63) is 58.7 Å². The van der Waals surface area contributed by atoms with Crippen LogP contribution >= 0.6 is 0 Å². The number of amides is 1. The number of carbonyl (C=O) groups excluding carboxylic acids is 1. The van der Waals surface area contributed by atoms with E-state index < -0.39 is 5.76 Å². The number of hydrogen-bond acceptors (Lipinski definition) is 6. The number of nitrogens with one attached hydrogen (secondary N) is 1. The molecule has 0 unspecified atom stereocenters. The number of carbonyl (C=O) groups is 1. The zero-order valence-electron chi connectivity index (χ0n) is 15.4. The quantitative estimate of drug-likeness (QED) is 0.670. The van der Waals surface area contributed by atoms with Crippen molar-refractivity contribution in [3.63, 3.8) is 0 Å². The van der Waals surface area contributed by atoms with Crippen LogP contribution in [0.3, 0.4) is 0 Å². The molecule has 0 aliphatic heterocycles. The number of nitrogens with zero attached hydrogens (tertiary/aromatic N) is 2. The minimum Gasteiger partial charge on any atom is -0.481 e. The molecule has 8 heteroatoms. The average molecular weight is 383 g/mol. The van der Waals surface area contributed by atoms with Gasteiger partial charge in [0.15, 0.2) is 5.58 Å².